The zero-order valence-electron chi connectivity index (χ0n) is 31.8. The molecule has 0 aromatic carbocycles. The first-order chi connectivity index (χ1) is 22.4. The normalized spacial score (nSPS) is 46.0. The predicted octanol–water partition coefficient (Wildman–Crippen LogP) is 5.25. The minimum Gasteiger partial charge on any atom is -0.456 e. The van der Waals surface area contributed by atoms with Crippen LogP contribution in [0, 0.1) is 50.2 Å². The summed E-state index contributed by atoms with van der Waals surface area (Å²) in [5.74, 6) is -1.41. The SMILES string of the molecule is C/C=C(/C)C(=O)OC1C(OC(=O)C(C)(O)C(C)O)C(C)(C)C[C@H]2C3=CC[C@@H]4[C@@]5(C)CCC(O)C(C)(C)[C@@H]5CC[C@@]4(C)[C@]3(C)CC(O)[C@@]12CO. The molecule has 9 heteroatoms. The van der Waals surface area contributed by atoms with Crippen molar-refractivity contribution in [1.29, 1.82) is 0 Å². The van der Waals surface area contributed by atoms with Crippen LogP contribution < -0.4 is 0 Å². The number of aliphatic hydroxyl groups is 5. The molecule has 9 nitrogen and oxygen atoms in total. The summed E-state index contributed by atoms with van der Waals surface area (Å²) < 4.78 is 12.3. The van der Waals surface area contributed by atoms with E-state index in [1.165, 1.54) is 19.4 Å². The van der Waals surface area contributed by atoms with Gasteiger partial charge in [-0.05, 0) is 112 Å². The van der Waals surface area contributed by atoms with Crippen molar-refractivity contribution in [2.45, 2.75) is 157 Å². The maximum atomic E-state index is 13.5. The van der Waals surface area contributed by atoms with Gasteiger partial charge >= 0.3 is 11.9 Å². The van der Waals surface area contributed by atoms with Gasteiger partial charge in [0.2, 0.25) is 0 Å². The van der Waals surface area contributed by atoms with E-state index >= 15 is 0 Å². The van der Waals surface area contributed by atoms with Crippen LogP contribution >= 0.6 is 0 Å². The number of aliphatic hydroxyl groups excluding tert-OH is 4. The summed E-state index contributed by atoms with van der Waals surface area (Å²) in [6.45, 7) is 20.7. The lowest BCUT2D eigenvalue weighted by atomic mass is 9.33. The Morgan fingerprint density at radius 3 is 2.18 bits per heavy atom. The Hall–Kier alpha value is -1.78. The van der Waals surface area contributed by atoms with Gasteiger partial charge < -0.3 is 35.0 Å². The van der Waals surface area contributed by atoms with E-state index < -0.39 is 70.7 Å². The molecule has 0 heterocycles. The summed E-state index contributed by atoms with van der Waals surface area (Å²) in [5.41, 5.74) is -3.76. The molecular weight excluding hydrogens is 624 g/mol. The van der Waals surface area contributed by atoms with Crippen LogP contribution in [-0.4, -0.2) is 80.2 Å². The third kappa shape index (κ3) is 5.25. The second kappa shape index (κ2) is 12.1. The molecule has 4 saturated carbocycles. The molecule has 278 valence electrons. The van der Waals surface area contributed by atoms with Gasteiger partial charge in [-0.15, -0.1) is 0 Å². The number of fused-ring (bicyclic) bond motifs is 7. The van der Waals surface area contributed by atoms with Crippen molar-refractivity contribution in [3.05, 3.63) is 23.3 Å². The van der Waals surface area contributed by atoms with E-state index in [-0.39, 0.29) is 22.3 Å². The second-order valence-corrected chi connectivity index (χ2v) is 18.9. The molecule has 0 aromatic rings. The zero-order valence-corrected chi connectivity index (χ0v) is 31.8. The topological polar surface area (TPSA) is 154 Å². The molecule has 4 fully saturated rings. The molecule has 13 atom stereocenters. The molecule has 6 unspecified atom stereocenters. The van der Waals surface area contributed by atoms with E-state index in [2.05, 4.69) is 40.7 Å². The van der Waals surface area contributed by atoms with Crippen molar-refractivity contribution in [2.24, 2.45) is 50.2 Å². The van der Waals surface area contributed by atoms with Gasteiger partial charge in [-0.1, -0.05) is 66.2 Å². The molecule has 0 radical (unpaired) electrons. The van der Waals surface area contributed by atoms with Crippen molar-refractivity contribution in [2.75, 3.05) is 6.61 Å². The standard InChI is InChI=1S/C40H64O9/c1-12-22(2)32(45)48-31-30(49-33(46)39(11,47)23(3)42)34(4,5)19-25-24-13-14-27-36(8)17-16-28(43)35(6,7)26(36)15-18-37(27,9)38(24,10)20-29(44)40(25,31)21-41/h12-13,23,25-31,41-44,47H,14-21H2,1-11H3/b22-12-/t23?,25-,26-,27+,28?,29?,30?,31?,36-,37+,38+,39?,40-/m0/s1. The Bertz CT molecular complexity index is 1390. The smallest absolute Gasteiger partial charge is 0.340 e. The van der Waals surface area contributed by atoms with Crippen molar-refractivity contribution < 1.29 is 44.6 Å². The molecule has 0 aliphatic heterocycles. The van der Waals surface area contributed by atoms with Gasteiger partial charge in [0.15, 0.2) is 11.7 Å². The number of allylic oxidation sites excluding steroid dienone is 3. The largest absolute Gasteiger partial charge is 0.456 e. The lowest BCUT2D eigenvalue weighted by Gasteiger charge is -2.72. The van der Waals surface area contributed by atoms with E-state index in [0.717, 1.165) is 32.1 Å². The summed E-state index contributed by atoms with van der Waals surface area (Å²) in [5, 5.41) is 56.2. The monoisotopic (exact) mass is 688 g/mol. The van der Waals surface area contributed by atoms with E-state index in [0.29, 0.717) is 30.3 Å². The lowest BCUT2D eigenvalue weighted by molar-refractivity contribution is -0.269. The van der Waals surface area contributed by atoms with Crippen molar-refractivity contribution in [3.63, 3.8) is 0 Å². The first-order valence-electron chi connectivity index (χ1n) is 18.6. The highest BCUT2D eigenvalue weighted by Crippen LogP contribution is 2.76. The summed E-state index contributed by atoms with van der Waals surface area (Å²) in [4.78, 5) is 27.0. The molecule has 5 aliphatic carbocycles. The number of hydrogen-bond donors (Lipinski definition) is 5. The van der Waals surface area contributed by atoms with E-state index in [4.69, 9.17) is 9.47 Å². The fraction of sp³-hybridized carbons (Fsp3) is 0.850. The molecule has 5 N–H and O–H groups in total. The highest BCUT2D eigenvalue weighted by molar-refractivity contribution is 5.88. The fourth-order valence-corrected chi connectivity index (χ4v) is 12.0. The Balaban J connectivity index is 1.65. The van der Waals surface area contributed by atoms with Crippen LogP contribution in [-0.2, 0) is 19.1 Å². The lowest BCUT2D eigenvalue weighted by Crippen LogP contribution is -2.72. The number of carbonyl (C=O) groups excluding carboxylic acids is 2. The highest BCUT2D eigenvalue weighted by atomic mass is 16.6. The van der Waals surface area contributed by atoms with E-state index in [9.17, 15) is 35.1 Å². The minimum absolute atomic E-state index is 0.00520. The third-order valence-corrected chi connectivity index (χ3v) is 15.8. The molecule has 49 heavy (non-hydrogen) atoms. The Labute approximate surface area is 293 Å². The first-order valence-corrected chi connectivity index (χ1v) is 18.6. The molecule has 0 bridgehead atoms. The van der Waals surface area contributed by atoms with Gasteiger partial charge in [-0.25, -0.2) is 9.59 Å². The summed E-state index contributed by atoms with van der Waals surface area (Å²) >= 11 is 0. The summed E-state index contributed by atoms with van der Waals surface area (Å²) in [7, 11) is 0. The average Bonchev–Trinajstić information content (AvgIpc) is 3.00. The number of ether oxygens (including phenoxy) is 2. The average molecular weight is 689 g/mol. The van der Waals surface area contributed by atoms with E-state index in [1.807, 2.05) is 13.8 Å². The van der Waals surface area contributed by atoms with Crippen LogP contribution in [0.25, 0.3) is 0 Å². The van der Waals surface area contributed by atoms with E-state index in [1.54, 1.807) is 19.9 Å². The molecule has 0 amide bonds. The number of rotatable bonds is 6. The van der Waals surface area contributed by atoms with Gasteiger partial charge in [0.1, 0.15) is 6.10 Å². The molecule has 0 aromatic heterocycles. The number of esters is 2. The van der Waals surface area contributed by atoms with Crippen LogP contribution in [0.5, 0.6) is 0 Å². The van der Waals surface area contributed by atoms with Crippen molar-refractivity contribution in [3.8, 4) is 0 Å². The quantitative estimate of drug-likeness (QED) is 0.143. The van der Waals surface area contributed by atoms with Crippen LogP contribution in [0.3, 0.4) is 0 Å². The van der Waals surface area contributed by atoms with Gasteiger partial charge in [0, 0.05) is 11.0 Å². The fourth-order valence-electron chi connectivity index (χ4n) is 12.0. The summed E-state index contributed by atoms with van der Waals surface area (Å²) in [6.07, 6.45) is 3.97. The maximum Gasteiger partial charge on any atom is 0.340 e. The number of carbonyl (C=O) groups is 2. The minimum atomic E-state index is -2.23. The molecule has 0 saturated heterocycles. The molecule has 5 rings (SSSR count). The Morgan fingerprint density at radius 1 is 0.980 bits per heavy atom. The molecule has 5 aliphatic rings. The van der Waals surface area contributed by atoms with Gasteiger partial charge in [-0.2, -0.15) is 0 Å². The molecular formula is C40H64O9. The summed E-state index contributed by atoms with van der Waals surface area (Å²) in [6, 6.07) is 0. The van der Waals surface area contributed by atoms with Gasteiger partial charge in [0.25, 0.3) is 0 Å². The van der Waals surface area contributed by atoms with Crippen molar-refractivity contribution >= 4 is 11.9 Å². The Kier molecular flexibility index (Phi) is 9.53. The zero-order chi connectivity index (χ0) is 36.9. The maximum absolute atomic E-state index is 13.5. The molecule has 0 spiro atoms. The number of hydrogen-bond acceptors (Lipinski definition) is 9. The first kappa shape index (κ1) is 38.5. The predicted molar refractivity (Wildman–Crippen MR) is 186 cm³/mol. The highest BCUT2D eigenvalue weighted by Gasteiger charge is 2.73. The van der Waals surface area contributed by atoms with Crippen molar-refractivity contribution in [1.82, 2.24) is 0 Å². The third-order valence-electron chi connectivity index (χ3n) is 15.8. The van der Waals surface area contributed by atoms with Crippen LogP contribution in [0.2, 0.25) is 0 Å². The van der Waals surface area contributed by atoms with Crippen LogP contribution in [0.4, 0.5) is 0 Å². The van der Waals surface area contributed by atoms with Crippen LogP contribution in [0.15, 0.2) is 23.3 Å². The van der Waals surface area contributed by atoms with Crippen LogP contribution in [0.1, 0.15) is 121 Å². The van der Waals surface area contributed by atoms with Gasteiger partial charge in [0.05, 0.1) is 30.3 Å². The second-order valence-electron chi connectivity index (χ2n) is 18.9. The Morgan fingerprint density at radius 2 is 1.61 bits per heavy atom. The van der Waals surface area contributed by atoms with Gasteiger partial charge in [-0.3, -0.25) is 0 Å².